The summed E-state index contributed by atoms with van der Waals surface area (Å²) in [6.45, 7) is 11.5. The molecule has 2 aromatic rings. The van der Waals surface area contributed by atoms with Crippen molar-refractivity contribution in [3.8, 4) is 11.5 Å². The zero-order valence-corrected chi connectivity index (χ0v) is 15.6. The van der Waals surface area contributed by atoms with E-state index >= 15 is 0 Å². The van der Waals surface area contributed by atoms with Crippen molar-refractivity contribution >= 4 is 24.2 Å². The lowest BCUT2D eigenvalue weighted by molar-refractivity contribution is 0.230. The Morgan fingerprint density at radius 1 is 1.24 bits per heavy atom. The summed E-state index contributed by atoms with van der Waals surface area (Å²) in [6, 6.07) is 1.83. The number of nitrogens with zero attached hydrogens (tertiary/aromatic N) is 3. The highest BCUT2D eigenvalue weighted by Gasteiger charge is 2.37. The third-order valence-electron chi connectivity index (χ3n) is 3.79. The van der Waals surface area contributed by atoms with Gasteiger partial charge in [-0.2, -0.15) is 0 Å². The molecule has 7 heteroatoms. The highest BCUT2D eigenvalue weighted by Crippen LogP contribution is 2.37. The fourth-order valence-corrected chi connectivity index (χ4v) is 2.54. The van der Waals surface area contributed by atoms with E-state index in [1.165, 1.54) is 0 Å². The Morgan fingerprint density at radius 2 is 1.86 bits per heavy atom. The highest BCUT2D eigenvalue weighted by molar-refractivity contribution is 9.10. The molecule has 0 fully saturated rings. The first kappa shape index (κ1) is 16.3. The van der Waals surface area contributed by atoms with Gasteiger partial charge in [0.2, 0.25) is 0 Å². The molecule has 0 amide bonds. The van der Waals surface area contributed by atoms with E-state index in [0.29, 0.717) is 23.9 Å². The number of halogens is 1. The summed E-state index contributed by atoms with van der Waals surface area (Å²) in [6.07, 6.45) is 3.37. The first-order chi connectivity index (χ1) is 9.69. The van der Waals surface area contributed by atoms with E-state index in [-0.39, 0.29) is 5.04 Å². The molecule has 0 atom stereocenters. The van der Waals surface area contributed by atoms with Crippen molar-refractivity contribution in [3.05, 3.63) is 28.7 Å². The lowest BCUT2D eigenvalue weighted by Gasteiger charge is -2.35. The van der Waals surface area contributed by atoms with Crippen LogP contribution in [0.3, 0.4) is 0 Å². The van der Waals surface area contributed by atoms with Gasteiger partial charge in [0.05, 0.1) is 11.1 Å². The molecular formula is C14H20BrN3O2Si. The molecule has 0 radical (unpaired) electrons. The van der Waals surface area contributed by atoms with E-state index < -0.39 is 8.32 Å². The van der Waals surface area contributed by atoms with E-state index in [1.807, 2.05) is 6.07 Å². The van der Waals surface area contributed by atoms with Crippen LogP contribution in [-0.2, 0) is 11.0 Å². The van der Waals surface area contributed by atoms with Gasteiger partial charge >= 0.3 is 0 Å². The predicted molar refractivity (Wildman–Crippen MR) is 87.2 cm³/mol. The monoisotopic (exact) mass is 369 g/mol. The minimum absolute atomic E-state index is 0.171. The van der Waals surface area contributed by atoms with Crippen LogP contribution in [0, 0.1) is 0 Å². The molecule has 5 nitrogen and oxygen atoms in total. The third-order valence-corrected chi connectivity index (χ3v) is 8.68. The Balaban J connectivity index is 2.06. The molecule has 0 saturated carbocycles. The summed E-state index contributed by atoms with van der Waals surface area (Å²) in [7, 11) is -1.79. The number of rotatable bonds is 4. The fraction of sp³-hybridized carbons (Fsp3) is 0.500. The lowest BCUT2D eigenvalue weighted by atomic mass is 10.2. The fourth-order valence-electron chi connectivity index (χ4n) is 1.40. The normalized spacial score (nSPS) is 12.7. The van der Waals surface area contributed by atoms with Crippen molar-refractivity contribution in [2.24, 2.45) is 0 Å². The molecule has 0 N–H and O–H groups in total. The van der Waals surface area contributed by atoms with E-state index in [0.717, 1.165) is 4.47 Å². The van der Waals surface area contributed by atoms with E-state index in [1.54, 1.807) is 12.4 Å². The molecule has 2 rings (SSSR count). The molecule has 0 unspecified atom stereocenters. The van der Waals surface area contributed by atoms with E-state index in [2.05, 4.69) is 64.9 Å². The number of hydrogen-bond acceptors (Lipinski definition) is 5. The maximum absolute atomic E-state index is 6.11. The van der Waals surface area contributed by atoms with Crippen LogP contribution in [0.4, 0.5) is 0 Å². The Hall–Kier alpha value is -1.05. The van der Waals surface area contributed by atoms with Gasteiger partial charge < -0.3 is 8.95 Å². The molecule has 2 heterocycles. The molecule has 0 aliphatic rings. The van der Waals surface area contributed by atoms with Gasteiger partial charge in [-0.05, 0) is 34.1 Å². The quantitative estimate of drug-likeness (QED) is 0.746. The van der Waals surface area contributed by atoms with Crippen LogP contribution in [-0.4, -0.2) is 23.4 Å². The van der Waals surface area contributed by atoms with Crippen molar-refractivity contribution in [3.63, 3.8) is 0 Å². The molecule has 0 spiro atoms. The Morgan fingerprint density at radius 3 is 2.43 bits per heavy atom. The highest BCUT2D eigenvalue weighted by atomic mass is 79.9. The Bertz CT molecular complexity index is 605. The average molecular weight is 370 g/mol. The van der Waals surface area contributed by atoms with Crippen molar-refractivity contribution < 1.29 is 8.95 Å². The van der Waals surface area contributed by atoms with Crippen LogP contribution >= 0.6 is 15.9 Å². The second-order valence-electron chi connectivity index (χ2n) is 6.45. The van der Waals surface area contributed by atoms with E-state index in [4.69, 9.17) is 8.95 Å². The summed E-state index contributed by atoms with van der Waals surface area (Å²) < 4.78 is 12.2. The maximum atomic E-state index is 6.11. The molecule has 114 valence electrons. The molecule has 0 bridgehead atoms. The number of aromatic nitrogens is 3. The van der Waals surface area contributed by atoms with Gasteiger partial charge in [-0.15, -0.1) is 0 Å². The van der Waals surface area contributed by atoms with Crippen LogP contribution in [0.1, 0.15) is 26.5 Å². The first-order valence-electron chi connectivity index (χ1n) is 6.76. The van der Waals surface area contributed by atoms with Crippen LogP contribution in [0.15, 0.2) is 27.5 Å². The van der Waals surface area contributed by atoms with Crippen molar-refractivity contribution in [1.29, 1.82) is 0 Å². The summed E-state index contributed by atoms with van der Waals surface area (Å²) in [4.78, 5) is 8.39. The Labute approximate surface area is 134 Å². The molecule has 0 aliphatic heterocycles. The standard InChI is InChI=1S/C14H20BrN3O2Si/c1-14(2,3)21(4,5)19-9-11-6-12(18-20-11)13-16-7-10(15)8-17-13/h6-8H,9H2,1-5H3. The Kier molecular flexibility index (Phi) is 4.65. The van der Waals surface area contributed by atoms with Crippen LogP contribution in [0.25, 0.3) is 11.5 Å². The second-order valence-corrected chi connectivity index (χ2v) is 12.2. The lowest BCUT2D eigenvalue weighted by Crippen LogP contribution is -2.40. The van der Waals surface area contributed by atoms with E-state index in [9.17, 15) is 0 Å². The third kappa shape index (κ3) is 3.99. The second kappa shape index (κ2) is 5.98. The summed E-state index contributed by atoms with van der Waals surface area (Å²) in [5, 5.41) is 4.17. The summed E-state index contributed by atoms with van der Waals surface area (Å²) in [5.41, 5.74) is 0.622. The van der Waals surface area contributed by atoms with Gasteiger partial charge in [-0.1, -0.05) is 25.9 Å². The van der Waals surface area contributed by atoms with Crippen LogP contribution in [0.5, 0.6) is 0 Å². The van der Waals surface area contributed by atoms with Gasteiger partial charge in [0.25, 0.3) is 0 Å². The molecular weight excluding hydrogens is 350 g/mol. The molecule has 2 aromatic heterocycles. The average Bonchev–Trinajstić information content (AvgIpc) is 2.85. The maximum Gasteiger partial charge on any atom is 0.192 e. The van der Waals surface area contributed by atoms with Gasteiger partial charge in [0.15, 0.2) is 25.6 Å². The molecule has 21 heavy (non-hydrogen) atoms. The van der Waals surface area contributed by atoms with Crippen molar-refractivity contribution in [1.82, 2.24) is 15.1 Å². The van der Waals surface area contributed by atoms with Crippen molar-refractivity contribution in [2.45, 2.75) is 45.5 Å². The van der Waals surface area contributed by atoms with Crippen molar-refractivity contribution in [2.75, 3.05) is 0 Å². The minimum Gasteiger partial charge on any atom is -0.409 e. The molecule has 0 aliphatic carbocycles. The van der Waals surface area contributed by atoms with Crippen LogP contribution in [0.2, 0.25) is 18.1 Å². The van der Waals surface area contributed by atoms with Gasteiger partial charge in [-0.25, -0.2) is 9.97 Å². The SMILES string of the molecule is CC(C)(C)[Si](C)(C)OCc1cc(-c2ncc(Br)cn2)no1. The molecule has 0 aromatic carbocycles. The smallest absolute Gasteiger partial charge is 0.192 e. The van der Waals surface area contributed by atoms with Gasteiger partial charge in [0, 0.05) is 18.5 Å². The zero-order valence-electron chi connectivity index (χ0n) is 13.0. The molecule has 0 saturated heterocycles. The predicted octanol–water partition coefficient (Wildman–Crippen LogP) is 4.42. The summed E-state index contributed by atoms with van der Waals surface area (Å²) in [5.74, 6) is 1.24. The van der Waals surface area contributed by atoms with Crippen LogP contribution < -0.4 is 0 Å². The van der Waals surface area contributed by atoms with Gasteiger partial charge in [-0.3, -0.25) is 0 Å². The number of hydrogen-bond donors (Lipinski definition) is 0. The zero-order chi connectivity index (χ0) is 15.7. The first-order valence-corrected chi connectivity index (χ1v) is 10.5. The summed E-state index contributed by atoms with van der Waals surface area (Å²) >= 11 is 3.30. The largest absolute Gasteiger partial charge is 0.409 e. The van der Waals surface area contributed by atoms with Gasteiger partial charge in [0.1, 0.15) is 0 Å². The topological polar surface area (TPSA) is 61.0 Å². The minimum atomic E-state index is -1.79.